The Labute approximate surface area is 158 Å². The van der Waals surface area contributed by atoms with E-state index < -0.39 is 0 Å². The number of nitrogens with two attached hydrogens (primary N) is 1. The molecule has 27 heavy (non-hydrogen) atoms. The highest BCUT2D eigenvalue weighted by Crippen LogP contribution is 2.26. The third-order valence-corrected chi connectivity index (χ3v) is 4.55. The molecule has 3 rings (SSSR count). The first-order valence-electron chi connectivity index (χ1n) is 8.54. The molecule has 0 aliphatic heterocycles. The van der Waals surface area contributed by atoms with E-state index in [1.54, 1.807) is 14.2 Å². The van der Waals surface area contributed by atoms with Crippen LogP contribution in [0.5, 0.6) is 5.75 Å². The van der Waals surface area contributed by atoms with Crippen molar-refractivity contribution in [2.45, 2.75) is 12.3 Å². The molecule has 1 atom stereocenters. The number of aromatic nitrogens is 2. The van der Waals surface area contributed by atoms with E-state index in [0.29, 0.717) is 12.1 Å². The van der Waals surface area contributed by atoms with Crippen LogP contribution in [0.2, 0.25) is 0 Å². The molecule has 0 bridgehead atoms. The molecule has 0 aliphatic rings. The molecule has 2 aromatic carbocycles. The molecule has 3 aromatic rings. The van der Waals surface area contributed by atoms with Crippen molar-refractivity contribution in [1.82, 2.24) is 9.55 Å². The summed E-state index contributed by atoms with van der Waals surface area (Å²) in [5.74, 6) is 3.59. The van der Waals surface area contributed by atoms with Gasteiger partial charge in [-0.15, -0.1) is 6.42 Å². The maximum atomic E-state index is 11.9. The smallest absolute Gasteiger partial charge is 0.254 e. The summed E-state index contributed by atoms with van der Waals surface area (Å²) in [4.78, 5) is 16.2. The first kappa shape index (κ1) is 18.3. The van der Waals surface area contributed by atoms with E-state index in [-0.39, 0.29) is 17.4 Å². The molecular formula is C22H21N3O2. The van der Waals surface area contributed by atoms with Gasteiger partial charge in [0.2, 0.25) is 5.95 Å². The Kier molecular flexibility index (Phi) is 5.28. The molecular weight excluding hydrogens is 338 g/mol. The number of benzene rings is 2. The summed E-state index contributed by atoms with van der Waals surface area (Å²) < 4.78 is 6.58. The lowest BCUT2D eigenvalue weighted by Crippen LogP contribution is -2.22. The summed E-state index contributed by atoms with van der Waals surface area (Å²) in [6.07, 6.45) is 6.19. The lowest BCUT2D eigenvalue weighted by atomic mass is 9.93. The molecule has 0 saturated carbocycles. The highest BCUT2D eigenvalue weighted by Gasteiger charge is 2.13. The molecule has 0 aliphatic carbocycles. The zero-order chi connectivity index (χ0) is 19.4. The van der Waals surface area contributed by atoms with Crippen molar-refractivity contribution < 1.29 is 4.74 Å². The van der Waals surface area contributed by atoms with Gasteiger partial charge in [-0.25, -0.2) is 4.98 Å². The fraction of sp³-hybridized carbons (Fsp3) is 0.182. The summed E-state index contributed by atoms with van der Waals surface area (Å²) in [5.41, 5.74) is 9.31. The predicted octanol–water partition coefficient (Wildman–Crippen LogP) is 3.00. The van der Waals surface area contributed by atoms with Gasteiger partial charge in [0.05, 0.1) is 18.7 Å². The van der Waals surface area contributed by atoms with Gasteiger partial charge < -0.3 is 10.5 Å². The molecule has 5 nitrogen and oxygen atoms in total. The van der Waals surface area contributed by atoms with Crippen LogP contribution in [0.25, 0.3) is 11.1 Å². The molecule has 136 valence electrons. The van der Waals surface area contributed by atoms with Gasteiger partial charge in [0.1, 0.15) is 5.75 Å². The third kappa shape index (κ3) is 4.01. The number of rotatable bonds is 5. The van der Waals surface area contributed by atoms with Crippen molar-refractivity contribution in [3.8, 4) is 29.2 Å². The average Bonchev–Trinajstić information content (AvgIpc) is 2.70. The topological polar surface area (TPSA) is 70.1 Å². The van der Waals surface area contributed by atoms with Gasteiger partial charge in [-0.2, -0.15) is 0 Å². The number of nitrogen functional groups attached to an aromatic ring is 1. The van der Waals surface area contributed by atoms with E-state index >= 15 is 0 Å². The van der Waals surface area contributed by atoms with Crippen molar-refractivity contribution in [2.75, 3.05) is 12.8 Å². The monoisotopic (exact) mass is 359 g/mol. The van der Waals surface area contributed by atoms with Crippen LogP contribution in [0.3, 0.4) is 0 Å². The van der Waals surface area contributed by atoms with Crippen molar-refractivity contribution in [2.24, 2.45) is 7.05 Å². The SMILES string of the molecule is C#CC(Cc1cc(=O)n(C)c(N)n1)c1ccc(-c2cccc(OC)c2)cc1. The van der Waals surface area contributed by atoms with Crippen LogP contribution in [-0.2, 0) is 13.5 Å². The molecule has 0 saturated heterocycles. The van der Waals surface area contributed by atoms with Crippen LogP contribution in [0, 0.1) is 12.3 Å². The minimum Gasteiger partial charge on any atom is -0.497 e. The van der Waals surface area contributed by atoms with Crippen molar-refractivity contribution in [3.63, 3.8) is 0 Å². The van der Waals surface area contributed by atoms with E-state index in [1.165, 1.54) is 10.6 Å². The summed E-state index contributed by atoms with van der Waals surface area (Å²) in [6, 6.07) is 17.4. The number of terminal acetylenes is 1. The van der Waals surface area contributed by atoms with Crippen LogP contribution in [0.4, 0.5) is 5.95 Å². The van der Waals surface area contributed by atoms with E-state index in [4.69, 9.17) is 16.9 Å². The van der Waals surface area contributed by atoms with Crippen LogP contribution in [0.15, 0.2) is 59.4 Å². The molecule has 0 spiro atoms. The summed E-state index contributed by atoms with van der Waals surface area (Å²) >= 11 is 0. The third-order valence-electron chi connectivity index (χ3n) is 4.55. The molecule has 5 heteroatoms. The Bertz CT molecular complexity index is 1050. The van der Waals surface area contributed by atoms with E-state index in [9.17, 15) is 4.79 Å². The molecule has 0 fully saturated rings. The maximum absolute atomic E-state index is 11.9. The first-order chi connectivity index (χ1) is 13.0. The van der Waals surface area contributed by atoms with E-state index in [0.717, 1.165) is 22.4 Å². The summed E-state index contributed by atoms with van der Waals surface area (Å²) in [5, 5.41) is 0. The number of anilines is 1. The largest absolute Gasteiger partial charge is 0.497 e. The van der Waals surface area contributed by atoms with Gasteiger partial charge in [-0.1, -0.05) is 42.3 Å². The van der Waals surface area contributed by atoms with Gasteiger partial charge in [0.15, 0.2) is 0 Å². The van der Waals surface area contributed by atoms with Gasteiger partial charge in [0, 0.05) is 19.5 Å². The second-order valence-corrected chi connectivity index (χ2v) is 6.28. The summed E-state index contributed by atoms with van der Waals surface area (Å²) in [7, 11) is 3.24. The van der Waals surface area contributed by atoms with Crippen LogP contribution in [0.1, 0.15) is 17.2 Å². The summed E-state index contributed by atoms with van der Waals surface area (Å²) in [6.45, 7) is 0. The van der Waals surface area contributed by atoms with Crippen LogP contribution >= 0.6 is 0 Å². The molecule has 1 unspecified atom stereocenters. The van der Waals surface area contributed by atoms with Crippen LogP contribution < -0.4 is 16.0 Å². The fourth-order valence-electron chi connectivity index (χ4n) is 2.90. The number of nitrogens with zero attached hydrogens (tertiary/aromatic N) is 2. The van der Waals surface area contributed by atoms with Gasteiger partial charge in [-0.05, 0) is 28.8 Å². The number of hydrogen-bond donors (Lipinski definition) is 1. The Morgan fingerprint density at radius 1 is 1.19 bits per heavy atom. The van der Waals surface area contributed by atoms with Crippen molar-refractivity contribution >= 4 is 5.95 Å². The second kappa shape index (κ2) is 7.79. The minimum absolute atomic E-state index is 0.182. The lowest BCUT2D eigenvalue weighted by Gasteiger charge is -2.13. The normalized spacial score (nSPS) is 11.6. The Hall–Kier alpha value is -3.52. The van der Waals surface area contributed by atoms with Crippen molar-refractivity contribution in [3.05, 3.63) is 76.2 Å². The van der Waals surface area contributed by atoms with Crippen molar-refractivity contribution in [1.29, 1.82) is 0 Å². The van der Waals surface area contributed by atoms with E-state index in [2.05, 4.69) is 10.9 Å². The minimum atomic E-state index is -0.193. The van der Waals surface area contributed by atoms with Crippen LogP contribution in [-0.4, -0.2) is 16.7 Å². The molecule has 2 N–H and O–H groups in total. The molecule has 0 amide bonds. The van der Waals surface area contributed by atoms with E-state index in [1.807, 2.05) is 48.5 Å². The standard InChI is InChI=1S/C22H21N3O2/c1-4-15(12-19-14-21(26)25(2)22(23)24-19)16-8-10-17(11-9-16)18-6-5-7-20(13-18)27-3/h1,5-11,13-15H,12H2,2-3H3,(H2,23,24). The number of ether oxygens (including phenoxy) is 1. The Morgan fingerprint density at radius 2 is 1.93 bits per heavy atom. The zero-order valence-electron chi connectivity index (χ0n) is 15.3. The molecule has 1 aromatic heterocycles. The average molecular weight is 359 g/mol. The number of hydrogen-bond acceptors (Lipinski definition) is 4. The molecule has 0 radical (unpaired) electrons. The Morgan fingerprint density at radius 3 is 2.56 bits per heavy atom. The maximum Gasteiger partial charge on any atom is 0.254 e. The fourth-order valence-corrected chi connectivity index (χ4v) is 2.90. The second-order valence-electron chi connectivity index (χ2n) is 6.28. The van der Waals surface area contributed by atoms with Gasteiger partial charge >= 0.3 is 0 Å². The predicted molar refractivity (Wildman–Crippen MR) is 108 cm³/mol. The molecule has 1 heterocycles. The Balaban J connectivity index is 1.84. The van der Waals surface area contributed by atoms with Gasteiger partial charge in [-0.3, -0.25) is 9.36 Å². The number of methoxy groups -OCH3 is 1. The van der Waals surface area contributed by atoms with Gasteiger partial charge in [0.25, 0.3) is 5.56 Å². The highest BCUT2D eigenvalue weighted by atomic mass is 16.5. The lowest BCUT2D eigenvalue weighted by molar-refractivity contribution is 0.415. The highest BCUT2D eigenvalue weighted by molar-refractivity contribution is 5.65. The first-order valence-corrected chi connectivity index (χ1v) is 8.54. The quantitative estimate of drug-likeness (QED) is 0.711. The zero-order valence-corrected chi connectivity index (χ0v) is 15.3.